The van der Waals surface area contributed by atoms with Crippen LogP contribution in [0.3, 0.4) is 0 Å². The molecule has 1 atom stereocenters. The Morgan fingerprint density at radius 3 is 2.35 bits per heavy atom. The van der Waals surface area contributed by atoms with Crippen LogP contribution in [0.5, 0.6) is 0 Å². The van der Waals surface area contributed by atoms with Gasteiger partial charge in [0.25, 0.3) is 0 Å². The minimum absolute atomic E-state index is 0.264. The van der Waals surface area contributed by atoms with Gasteiger partial charge >= 0.3 is 0 Å². The van der Waals surface area contributed by atoms with Gasteiger partial charge in [-0.2, -0.15) is 4.31 Å². The van der Waals surface area contributed by atoms with Crippen molar-refractivity contribution in [2.75, 3.05) is 18.8 Å². The maximum atomic E-state index is 12.0. The summed E-state index contributed by atoms with van der Waals surface area (Å²) in [6, 6.07) is 0.860. The van der Waals surface area contributed by atoms with E-state index in [2.05, 4.69) is 12.2 Å². The average Bonchev–Trinajstić information content (AvgIpc) is 2.53. The summed E-state index contributed by atoms with van der Waals surface area (Å²) in [7, 11) is -2.95. The molecule has 1 aliphatic carbocycles. The van der Waals surface area contributed by atoms with Crippen LogP contribution >= 0.6 is 0 Å². The summed E-state index contributed by atoms with van der Waals surface area (Å²) in [4.78, 5) is 0. The lowest BCUT2D eigenvalue weighted by molar-refractivity contribution is 0.228. The Kier molecular flexibility index (Phi) is 4.10. The predicted octanol–water partition coefficient (Wildman–Crippen LogP) is 1.19. The summed E-state index contributed by atoms with van der Waals surface area (Å²) in [5.41, 5.74) is 0. The molecule has 1 saturated carbocycles. The second-order valence-electron chi connectivity index (χ2n) is 5.52. The zero-order valence-electron chi connectivity index (χ0n) is 10.9. The van der Waals surface area contributed by atoms with Gasteiger partial charge in [-0.3, -0.25) is 0 Å². The van der Waals surface area contributed by atoms with Crippen molar-refractivity contribution in [3.05, 3.63) is 0 Å². The lowest BCUT2D eigenvalue weighted by atomic mass is 9.91. The molecule has 2 rings (SSSR count). The van der Waals surface area contributed by atoms with Gasteiger partial charge in [0.05, 0.1) is 5.75 Å². The Hall–Kier alpha value is -0.130. The molecule has 1 N–H and O–H groups in total. The number of hydrogen-bond acceptors (Lipinski definition) is 3. The maximum absolute atomic E-state index is 12.0. The van der Waals surface area contributed by atoms with Gasteiger partial charge in [0, 0.05) is 18.6 Å². The third-order valence-electron chi connectivity index (χ3n) is 3.94. The summed E-state index contributed by atoms with van der Waals surface area (Å²) in [6.45, 7) is 5.90. The van der Waals surface area contributed by atoms with Crippen molar-refractivity contribution in [2.24, 2.45) is 5.92 Å². The van der Waals surface area contributed by atoms with Gasteiger partial charge in [0.15, 0.2) is 0 Å². The standard InChI is InChI=1S/C12H24N2O2S/c1-3-13-11-4-6-12(7-5-11)14-8-10(2)9-17(14,15)16/h10-13H,3-9H2,1-2H3. The number of nitrogens with one attached hydrogen (secondary N) is 1. The molecule has 0 radical (unpaired) electrons. The Morgan fingerprint density at radius 1 is 1.24 bits per heavy atom. The van der Waals surface area contributed by atoms with E-state index in [1.165, 1.54) is 0 Å². The van der Waals surface area contributed by atoms with Crippen LogP contribution in [-0.4, -0.2) is 43.6 Å². The highest BCUT2D eigenvalue weighted by Crippen LogP contribution is 2.30. The third kappa shape index (κ3) is 3.01. The van der Waals surface area contributed by atoms with Crippen molar-refractivity contribution in [3.63, 3.8) is 0 Å². The smallest absolute Gasteiger partial charge is 0.214 e. The topological polar surface area (TPSA) is 49.4 Å². The molecule has 1 heterocycles. The number of nitrogens with zero attached hydrogens (tertiary/aromatic N) is 1. The highest BCUT2D eigenvalue weighted by molar-refractivity contribution is 7.89. The number of rotatable bonds is 3. The molecule has 100 valence electrons. The fraction of sp³-hybridized carbons (Fsp3) is 1.00. The van der Waals surface area contributed by atoms with Crippen molar-refractivity contribution < 1.29 is 8.42 Å². The fourth-order valence-electron chi connectivity index (χ4n) is 3.16. The van der Waals surface area contributed by atoms with E-state index in [0.29, 0.717) is 17.7 Å². The normalized spacial score (nSPS) is 38.4. The summed E-state index contributed by atoms with van der Waals surface area (Å²) in [5.74, 6) is 0.645. The van der Waals surface area contributed by atoms with Gasteiger partial charge in [-0.15, -0.1) is 0 Å². The summed E-state index contributed by atoms with van der Waals surface area (Å²) >= 11 is 0. The van der Waals surface area contributed by atoms with Gasteiger partial charge in [0.1, 0.15) is 0 Å². The maximum Gasteiger partial charge on any atom is 0.214 e. The van der Waals surface area contributed by atoms with Crippen LogP contribution in [0, 0.1) is 5.92 Å². The molecule has 1 aliphatic heterocycles. The van der Waals surface area contributed by atoms with Gasteiger partial charge < -0.3 is 5.32 Å². The molecule has 0 aromatic rings. The minimum atomic E-state index is -2.95. The first-order valence-electron chi connectivity index (χ1n) is 6.76. The Labute approximate surface area is 105 Å². The molecule has 0 aromatic heterocycles. The van der Waals surface area contributed by atoms with Crippen LogP contribution in [0.25, 0.3) is 0 Å². The molecule has 1 unspecified atom stereocenters. The van der Waals surface area contributed by atoms with Gasteiger partial charge in [-0.05, 0) is 38.1 Å². The van der Waals surface area contributed by atoms with E-state index in [-0.39, 0.29) is 6.04 Å². The van der Waals surface area contributed by atoms with E-state index in [0.717, 1.165) is 38.8 Å². The molecule has 2 fully saturated rings. The monoisotopic (exact) mass is 260 g/mol. The van der Waals surface area contributed by atoms with Crippen LogP contribution in [0.1, 0.15) is 39.5 Å². The van der Waals surface area contributed by atoms with Crippen molar-refractivity contribution in [1.29, 1.82) is 0 Å². The molecule has 0 spiro atoms. The highest BCUT2D eigenvalue weighted by Gasteiger charge is 2.39. The predicted molar refractivity (Wildman–Crippen MR) is 69.4 cm³/mol. The fourth-order valence-corrected chi connectivity index (χ4v) is 5.32. The quantitative estimate of drug-likeness (QED) is 0.829. The SMILES string of the molecule is CCNC1CCC(N2CC(C)CS2(=O)=O)CC1. The van der Waals surface area contributed by atoms with E-state index in [1.54, 1.807) is 4.31 Å². The molecule has 0 bridgehead atoms. The first-order valence-corrected chi connectivity index (χ1v) is 8.36. The van der Waals surface area contributed by atoms with E-state index in [1.807, 2.05) is 6.92 Å². The van der Waals surface area contributed by atoms with E-state index in [4.69, 9.17) is 0 Å². The minimum Gasteiger partial charge on any atom is -0.314 e. The van der Waals surface area contributed by atoms with Gasteiger partial charge in [0.2, 0.25) is 10.0 Å². The van der Waals surface area contributed by atoms with E-state index < -0.39 is 10.0 Å². The Balaban J connectivity index is 1.93. The van der Waals surface area contributed by atoms with Crippen LogP contribution in [0.4, 0.5) is 0 Å². The average molecular weight is 260 g/mol. The van der Waals surface area contributed by atoms with Crippen LogP contribution in [0.2, 0.25) is 0 Å². The highest BCUT2D eigenvalue weighted by atomic mass is 32.2. The Morgan fingerprint density at radius 2 is 1.88 bits per heavy atom. The lowest BCUT2D eigenvalue weighted by Gasteiger charge is -2.33. The molecular formula is C12H24N2O2S. The van der Waals surface area contributed by atoms with Gasteiger partial charge in [-0.1, -0.05) is 13.8 Å². The molecule has 0 amide bonds. The summed E-state index contributed by atoms with van der Waals surface area (Å²) in [6.07, 6.45) is 4.26. The first kappa shape index (κ1) is 13.3. The van der Waals surface area contributed by atoms with Gasteiger partial charge in [-0.25, -0.2) is 8.42 Å². The lowest BCUT2D eigenvalue weighted by Crippen LogP contribution is -2.43. The number of sulfonamides is 1. The van der Waals surface area contributed by atoms with Crippen molar-refractivity contribution in [1.82, 2.24) is 9.62 Å². The Bertz CT molecular complexity index is 348. The van der Waals surface area contributed by atoms with Crippen molar-refractivity contribution in [2.45, 2.75) is 51.6 Å². The van der Waals surface area contributed by atoms with Crippen LogP contribution in [0.15, 0.2) is 0 Å². The second kappa shape index (κ2) is 5.24. The largest absolute Gasteiger partial charge is 0.314 e. The van der Waals surface area contributed by atoms with Crippen molar-refractivity contribution >= 4 is 10.0 Å². The van der Waals surface area contributed by atoms with E-state index >= 15 is 0 Å². The molecular weight excluding hydrogens is 236 g/mol. The molecule has 17 heavy (non-hydrogen) atoms. The number of hydrogen-bond donors (Lipinski definition) is 1. The molecule has 1 saturated heterocycles. The van der Waals surface area contributed by atoms with Crippen LogP contribution in [-0.2, 0) is 10.0 Å². The molecule has 0 aromatic carbocycles. The zero-order chi connectivity index (χ0) is 12.5. The second-order valence-corrected chi connectivity index (χ2v) is 7.48. The zero-order valence-corrected chi connectivity index (χ0v) is 11.7. The molecule has 5 heteroatoms. The first-order chi connectivity index (χ1) is 8.03. The molecule has 2 aliphatic rings. The summed E-state index contributed by atoms with van der Waals surface area (Å²) in [5, 5.41) is 3.46. The summed E-state index contributed by atoms with van der Waals surface area (Å²) < 4.78 is 25.8. The van der Waals surface area contributed by atoms with Crippen molar-refractivity contribution in [3.8, 4) is 0 Å². The molecule has 4 nitrogen and oxygen atoms in total. The van der Waals surface area contributed by atoms with E-state index in [9.17, 15) is 8.42 Å². The van der Waals surface area contributed by atoms with Crippen LogP contribution < -0.4 is 5.32 Å². The third-order valence-corrected chi connectivity index (χ3v) is 6.09.